The molecule has 2 amide bonds. The molecular weight excluding hydrogens is 364 g/mol. The summed E-state index contributed by atoms with van der Waals surface area (Å²) in [5, 5.41) is 2.93. The zero-order valence-electron chi connectivity index (χ0n) is 17.5. The molecule has 0 bridgehead atoms. The van der Waals surface area contributed by atoms with Crippen molar-refractivity contribution < 1.29 is 14.3 Å². The highest BCUT2D eigenvalue weighted by Gasteiger charge is 2.20. The Morgan fingerprint density at radius 3 is 2.38 bits per heavy atom. The van der Waals surface area contributed by atoms with Gasteiger partial charge in [0.1, 0.15) is 6.61 Å². The molecule has 0 saturated carbocycles. The second-order valence-electron chi connectivity index (χ2n) is 8.49. The van der Waals surface area contributed by atoms with Gasteiger partial charge in [0.2, 0.25) is 5.91 Å². The van der Waals surface area contributed by atoms with Gasteiger partial charge in [-0.3, -0.25) is 9.59 Å². The van der Waals surface area contributed by atoms with Gasteiger partial charge in [-0.05, 0) is 53.6 Å². The predicted molar refractivity (Wildman–Crippen MR) is 116 cm³/mol. The average molecular weight is 395 g/mol. The Bertz CT molecular complexity index is 836. The number of anilines is 2. The summed E-state index contributed by atoms with van der Waals surface area (Å²) in [5.41, 5.74) is 4.30. The molecule has 1 aliphatic rings. The maximum absolute atomic E-state index is 12.2. The van der Waals surface area contributed by atoms with Crippen LogP contribution >= 0.6 is 0 Å². The lowest BCUT2D eigenvalue weighted by Crippen LogP contribution is -2.41. The molecule has 1 heterocycles. The number of carbonyl (C=O) groups excluding carboxylic acids is 2. The van der Waals surface area contributed by atoms with E-state index in [0.29, 0.717) is 19.6 Å². The molecule has 2 aromatic carbocycles. The maximum atomic E-state index is 12.2. The van der Waals surface area contributed by atoms with Gasteiger partial charge in [-0.25, -0.2) is 0 Å². The van der Waals surface area contributed by atoms with Crippen LogP contribution in [-0.2, 0) is 26.2 Å². The largest absolute Gasteiger partial charge is 0.370 e. The van der Waals surface area contributed by atoms with E-state index in [2.05, 4.69) is 50.4 Å². The molecule has 0 unspecified atom stereocenters. The number of benzene rings is 2. The second-order valence-corrected chi connectivity index (χ2v) is 8.49. The molecule has 0 aromatic heterocycles. The van der Waals surface area contributed by atoms with Gasteiger partial charge in [0.25, 0.3) is 5.91 Å². The fraction of sp³-hybridized carbons (Fsp3) is 0.417. The second kappa shape index (κ2) is 9.23. The number of hydrogen-bond donors (Lipinski definition) is 1. The average Bonchev–Trinajstić information content (AvgIpc) is 2.69. The molecule has 5 heteroatoms. The Kier molecular flexibility index (Phi) is 6.70. The molecular formula is C24H30N2O3. The highest BCUT2D eigenvalue weighted by Crippen LogP contribution is 2.23. The van der Waals surface area contributed by atoms with Crippen molar-refractivity contribution >= 4 is 23.2 Å². The first-order chi connectivity index (χ1) is 13.8. The molecule has 2 aromatic rings. The van der Waals surface area contributed by atoms with E-state index in [0.717, 1.165) is 24.2 Å². The lowest BCUT2D eigenvalue weighted by molar-refractivity contribution is -0.125. The molecule has 3 rings (SSSR count). The van der Waals surface area contributed by atoms with Crippen molar-refractivity contribution in [3.05, 3.63) is 59.7 Å². The van der Waals surface area contributed by atoms with Crippen LogP contribution in [-0.4, -0.2) is 31.6 Å². The number of nitrogens with zero attached hydrogens (tertiary/aromatic N) is 1. The molecule has 5 nitrogen and oxygen atoms in total. The monoisotopic (exact) mass is 394 g/mol. The molecule has 29 heavy (non-hydrogen) atoms. The zero-order valence-corrected chi connectivity index (χ0v) is 17.5. The van der Waals surface area contributed by atoms with E-state index in [1.54, 1.807) is 4.90 Å². The van der Waals surface area contributed by atoms with Gasteiger partial charge in [0.15, 0.2) is 0 Å². The van der Waals surface area contributed by atoms with Crippen LogP contribution in [0.1, 0.15) is 44.7 Å². The molecule has 0 radical (unpaired) electrons. The Labute approximate surface area is 173 Å². The number of aryl methyl sites for hydroxylation is 1. The topological polar surface area (TPSA) is 58.6 Å². The van der Waals surface area contributed by atoms with E-state index < -0.39 is 0 Å². The van der Waals surface area contributed by atoms with E-state index in [1.807, 2.05) is 24.3 Å². The Hall–Kier alpha value is -2.66. The highest BCUT2D eigenvalue weighted by atomic mass is 16.5. The summed E-state index contributed by atoms with van der Waals surface area (Å²) < 4.78 is 5.15. The summed E-state index contributed by atoms with van der Waals surface area (Å²) in [5.74, 6) is -0.0323. The maximum Gasteiger partial charge on any atom is 0.253 e. The Morgan fingerprint density at radius 1 is 1.07 bits per heavy atom. The first-order valence-electron chi connectivity index (χ1n) is 10.2. The minimum absolute atomic E-state index is 0.00603. The number of hydrogen-bond acceptors (Lipinski definition) is 3. The van der Waals surface area contributed by atoms with Crippen LogP contribution in [0.4, 0.5) is 11.4 Å². The number of ether oxygens (including phenoxy) is 1. The zero-order chi connectivity index (χ0) is 20.9. The summed E-state index contributed by atoms with van der Waals surface area (Å²) in [7, 11) is 0. The third-order valence-electron chi connectivity index (χ3n) is 5.14. The summed E-state index contributed by atoms with van der Waals surface area (Å²) in [6, 6.07) is 16.0. The molecule has 0 aliphatic carbocycles. The molecule has 1 N–H and O–H groups in total. The first kappa shape index (κ1) is 21.1. The normalized spacial score (nSPS) is 14.7. The third-order valence-corrected chi connectivity index (χ3v) is 5.14. The van der Waals surface area contributed by atoms with Crippen molar-refractivity contribution in [3.8, 4) is 0 Å². The molecule has 0 spiro atoms. The van der Waals surface area contributed by atoms with E-state index in [4.69, 9.17) is 4.74 Å². The number of rotatable bonds is 6. The first-order valence-corrected chi connectivity index (χ1v) is 10.2. The van der Waals surface area contributed by atoms with Gasteiger partial charge in [0, 0.05) is 24.3 Å². The Balaban J connectivity index is 1.45. The van der Waals surface area contributed by atoms with Crippen LogP contribution in [0.15, 0.2) is 48.5 Å². The van der Waals surface area contributed by atoms with E-state index >= 15 is 0 Å². The van der Waals surface area contributed by atoms with Gasteiger partial charge in [-0.15, -0.1) is 0 Å². The summed E-state index contributed by atoms with van der Waals surface area (Å²) >= 11 is 0. The smallest absolute Gasteiger partial charge is 0.253 e. The number of carbonyl (C=O) groups is 2. The van der Waals surface area contributed by atoms with Gasteiger partial charge < -0.3 is 15.0 Å². The van der Waals surface area contributed by atoms with Crippen LogP contribution in [0.2, 0.25) is 0 Å². The van der Waals surface area contributed by atoms with Gasteiger partial charge in [-0.1, -0.05) is 45.0 Å². The summed E-state index contributed by atoms with van der Waals surface area (Å²) in [4.78, 5) is 25.8. The van der Waals surface area contributed by atoms with Crippen molar-refractivity contribution in [2.75, 3.05) is 30.0 Å². The van der Waals surface area contributed by atoms with E-state index in [9.17, 15) is 9.59 Å². The molecule has 154 valence electrons. The highest BCUT2D eigenvalue weighted by molar-refractivity contribution is 5.95. The fourth-order valence-corrected chi connectivity index (χ4v) is 3.36. The van der Waals surface area contributed by atoms with E-state index in [1.165, 1.54) is 11.1 Å². The van der Waals surface area contributed by atoms with Gasteiger partial charge >= 0.3 is 0 Å². The van der Waals surface area contributed by atoms with Crippen molar-refractivity contribution in [3.63, 3.8) is 0 Å². The standard InChI is InChI=1S/C24H30N2O3/c1-24(2,3)19-9-7-18(8-10-19)5-4-6-22(27)25-20-11-13-21(14-12-20)26-15-16-29-17-23(26)28/h7-14H,4-6,15-17H2,1-3H3,(H,25,27). The minimum atomic E-state index is -0.0384. The number of nitrogens with one attached hydrogen (secondary N) is 1. The fourth-order valence-electron chi connectivity index (χ4n) is 3.36. The lowest BCUT2D eigenvalue weighted by Gasteiger charge is -2.26. The summed E-state index contributed by atoms with van der Waals surface area (Å²) in [6.45, 7) is 7.84. The van der Waals surface area contributed by atoms with Gasteiger partial charge in [0.05, 0.1) is 6.61 Å². The van der Waals surface area contributed by atoms with Crippen LogP contribution in [0.25, 0.3) is 0 Å². The molecule has 1 aliphatic heterocycles. The van der Waals surface area contributed by atoms with Crippen LogP contribution in [0.5, 0.6) is 0 Å². The van der Waals surface area contributed by atoms with Crippen molar-refractivity contribution in [2.24, 2.45) is 0 Å². The Morgan fingerprint density at radius 2 is 1.76 bits per heavy atom. The van der Waals surface area contributed by atoms with Crippen LogP contribution in [0, 0.1) is 0 Å². The molecule has 0 atom stereocenters. The quantitative estimate of drug-likeness (QED) is 0.794. The minimum Gasteiger partial charge on any atom is -0.370 e. The number of morpholine rings is 1. The summed E-state index contributed by atoms with van der Waals surface area (Å²) in [6.07, 6.45) is 2.17. The van der Waals surface area contributed by atoms with Crippen molar-refractivity contribution in [1.29, 1.82) is 0 Å². The van der Waals surface area contributed by atoms with Crippen LogP contribution in [0.3, 0.4) is 0 Å². The van der Waals surface area contributed by atoms with Crippen molar-refractivity contribution in [1.82, 2.24) is 0 Å². The molecule has 1 fully saturated rings. The van der Waals surface area contributed by atoms with Gasteiger partial charge in [-0.2, -0.15) is 0 Å². The SMILES string of the molecule is CC(C)(C)c1ccc(CCCC(=O)Nc2ccc(N3CCOCC3=O)cc2)cc1. The lowest BCUT2D eigenvalue weighted by atomic mass is 9.86. The predicted octanol–water partition coefficient (Wildman–Crippen LogP) is 4.31. The van der Waals surface area contributed by atoms with Crippen LogP contribution < -0.4 is 10.2 Å². The number of amides is 2. The van der Waals surface area contributed by atoms with Crippen molar-refractivity contribution in [2.45, 2.75) is 45.4 Å². The molecule has 1 saturated heterocycles. The van der Waals surface area contributed by atoms with E-state index in [-0.39, 0.29) is 23.8 Å². The third kappa shape index (κ3) is 5.91.